The van der Waals surface area contributed by atoms with E-state index >= 15 is 0 Å². The van der Waals surface area contributed by atoms with Crippen molar-refractivity contribution in [1.82, 2.24) is 0 Å². The number of halogens is 1. The number of carbonyl (C=O) groups is 1. The summed E-state index contributed by atoms with van der Waals surface area (Å²) < 4.78 is 13.6. The van der Waals surface area contributed by atoms with E-state index in [-0.39, 0.29) is 5.56 Å². The van der Waals surface area contributed by atoms with Gasteiger partial charge in [-0.25, -0.2) is 9.18 Å². The van der Waals surface area contributed by atoms with Crippen molar-refractivity contribution in [2.24, 2.45) is 5.92 Å². The maximum atomic E-state index is 13.6. The predicted molar refractivity (Wildman–Crippen MR) is 68.6 cm³/mol. The fourth-order valence-electron chi connectivity index (χ4n) is 2.68. The molecule has 0 aliphatic carbocycles. The molecule has 3 nitrogen and oxygen atoms in total. The van der Waals surface area contributed by atoms with Crippen molar-refractivity contribution in [3.63, 3.8) is 0 Å². The molecule has 0 spiro atoms. The van der Waals surface area contributed by atoms with Crippen LogP contribution in [0.3, 0.4) is 0 Å². The summed E-state index contributed by atoms with van der Waals surface area (Å²) in [6.07, 6.45) is 3.34. The molecule has 0 bridgehead atoms. The van der Waals surface area contributed by atoms with Gasteiger partial charge in [-0.1, -0.05) is 19.4 Å². The quantitative estimate of drug-likeness (QED) is 0.893. The van der Waals surface area contributed by atoms with Gasteiger partial charge in [-0.2, -0.15) is 0 Å². The van der Waals surface area contributed by atoms with Crippen LogP contribution in [0.1, 0.15) is 36.5 Å². The standard InChI is InChI=1S/C14H18FNO2/c1-2-4-10-7-8-16(9-10)12-6-3-5-11(15)13(12)14(17)18/h3,5-6,10H,2,4,7-9H2,1H3,(H,17,18). The van der Waals surface area contributed by atoms with Gasteiger partial charge in [-0.3, -0.25) is 0 Å². The van der Waals surface area contributed by atoms with Crippen molar-refractivity contribution in [2.45, 2.75) is 26.2 Å². The first kappa shape index (κ1) is 12.9. The third kappa shape index (κ3) is 2.47. The fourth-order valence-corrected chi connectivity index (χ4v) is 2.68. The number of hydrogen-bond donors (Lipinski definition) is 1. The predicted octanol–water partition coefficient (Wildman–Crippen LogP) is 3.15. The van der Waals surface area contributed by atoms with Gasteiger partial charge in [0, 0.05) is 13.1 Å². The monoisotopic (exact) mass is 251 g/mol. The van der Waals surface area contributed by atoms with Gasteiger partial charge in [0.2, 0.25) is 0 Å². The Bertz CT molecular complexity index is 447. The van der Waals surface area contributed by atoms with E-state index < -0.39 is 11.8 Å². The molecule has 1 aromatic carbocycles. The van der Waals surface area contributed by atoms with Crippen LogP contribution < -0.4 is 4.90 Å². The van der Waals surface area contributed by atoms with Gasteiger partial charge in [0.25, 0.3) is 0 Å². The molecular formula is C14H18FNO2. The van der Waals surface area contributed by atoms with Crippen LogP contribution in [0, 0.1) is 11.7 Å². The molecule has 98 valence electrons. The Morgan fingerprint density at radius 1 is 1.56 bits per heavy atom. The summed E-state index contributed by atoms with van der Waals surface area (Å²) in [7, 11) is 0. The van der Waals surface area contributed by atoms with E-state index in [4.69, 9.17) is 5.11 Å². The largest absolute Gasteiger partial charge is 0.478 e. The second-order valence-corrected chi connectivity index (χ2v) is 4.83. The highest BCUT2D eigenvalue weighted by molar-refractivity contribution is 5.94. The highest BCUT2D eigenvalue weighted by Crippen LogP contribution is 2.30. The fraction of sp³-hybridized carbons (Fsp3) is 0.500. The minimum atomic E-state index is -1.19. The third-order valence-electron chi connectivity index (χ3n) is 3.53. The Labute approximate surface area is 106 Å². The third-order valence-corrected chi connectivity index (χ3v) is 3.53. The van der Waals surface area contributed by atoms with Gasteiger partial charge in [-0.05, 0) is 30.9 Å². The molecule has 0 amide bonds. The molecule has 1 atom stereocenters. The van der Waals surface area contributed by atoms with Crippen molar-refractivity contribution in [2.75, 3.05) is 18.0 Å². The lowest BCUT2D eigenvalue weighted by Gasteiger charge is -2.21. The summed E-state index contributed by atoms with van der Waals surface area (Å²) in [4.78, 5) is 13.1. The van der Waals surface area contributed by atoms with Crippen LogP contribution in [0.25, 0.3) is 0 Å². The topological polar surface area (TPSA) is 40.5 Å². The molecule has 4 heteroatoms. The Hall–Kier alpha value is -1.58. The van der Waals surface area contributed by atoms with Crippen molar-refractivity contribution < 1.29 is 14.3 Å². The van der Waals surface area contributed by atoms with Gasteiger partial charge in [0.1, 0.15) is 11.4 Å². The van der Waals surface area contributed by atoms with Crippen LogP contribution in [0.15, 0.2) is 18.2 Å². The lowest BCUT2D eigenvalue weighted by atomic mass is 10.0. The molecule has 1 aliphatic heterocycles. The van der Waals surface area contributed by atoms with Gasteiger partial charge >= 0.3 is 5.97 Å². The summed E-state index contributed by atoms with van der Waals surface area (Å²) >= 11 is 0. The number of nitrogens with zero attached hydrogens (tertiary/aromatic N) is 1. The van der Waals surface area contributed by atoms with Crippen molar-refractivity contribution in [1.29, 1.82) is 0 Å². The first-order valence-corrected chi connectivity index (χ1v) is 6.40. The number of carboxylic acid groups (broad SMARTS) is 1. The summed E-state index contributed by atoms with van der Waals surface area (Å²) in [5, 5.41) is 9.11. The Kier molecular flexibility index (Phi) is 3.84. The van der Waals surface area contributed by atoms with E-state index in [2.05, 4.69) is 6.92 Å². The Balaban J connectivity index is 2.24. The molecular weight excluding hydrogens is 233 g/mol. The molecule has 0 saturated carbocycles. The first-order valence-electron chi connectivity index (χ1n) is 6.40. The molecule has 1 unspecified atom stereocenters. The van der Waals surface area contributed by atoms with E-state index in [9.17, 15) is 9.18 Å². The van der Waals surface area contributed by atoms with Crippen LogP contribution in [0.5, 0.6) is 0 Å². The molecule has 2 rings (SSSR count). The zero-order chi connectivity index (χ0) is 13.1. The minimum Gasteiger partial charge on any atom is -0.478 e. The molecule has 18 heavy (non-hydrogen) atoms. The summed E-state index contributed by atoms with van der Waals surface area (Å²) in [6.45, 7) is 3.79. The summed E-state index contributed by atoms with van der Waals surface area (Å²) in [5.74, 6) is -1.25. The van der Waals surface area contributed by atoms with Crippen molar-refractivity contribution in [3.8, 4) is 0 Å². The minimum absolute atomic E-state index is 0.199. The molecule has 1 aliphatic rings. The van der Waals surface area contributed by atoms with Crippen LogP contribution in [-0.2, 0) is 0 Å². The lowest BCUT2D eigenvalue weighted by molar-refractivity contribution is 0.0692. The summed E-state index contributed by atoms with van der Waals surface area (Å²) in [5.41, 5.74) is 0.316. The number of anilines is 1. The number of hydrogen-bond acceptors (Lipinski definition) is 2. The zero-order valence-electron chi connectivity index (χ0n) is 10.5. The van der Waals surface area contributed by atoms with Gasteiger partial charge in [0.05, 0.1) is 5.69 Å². The maximum Gasteiger partial charge on any atom is 0.340 e. The average Bonchev–Trinajstić information content (AvgIpc) is 2.77. The Morgan fingerprint density at radius 3 is 3.00 bits per heavy atom. The van der Waals surface area contributed by atoms with Gasteiger partial charge in [-0.15, -0.1) is 0 Å². The smallest absolute Gasteiger partial charge is 0.340 e. The van der Waals surface area contributed by atoms with Crippen LogP contribution in [0.4, 0.5) is 10.1 Å². The highest BCUT2D eigenvalue weighted by Gasteiger charge is 2.26. The second-order valence-electron chi connectivity index (χ2n) is 4.83. The first-order chi connectivity index (χ1) is 8.63. The average molecular weight is 251 g/mol. The number of rotatable bonds is 4. The number of benzene rings is 1. The molecule has 1 saturated heterocycles. The number of carboxylic acids is 1. The lowest BCUT2D eigenvalue weighted by Crippen LogP contribution is -2.22. The SMILES string of the molecule is CCCC1CCN(c2cccc(F)c2C(=O)O)C1. The van der Waals surface area contributed by atoms with Gasteiger partial charge < -0.3 is 10.0 Å². The van der Waals surface area contributed by atoms with E-state index in [0.717, 1.165) is 32.4 Å². The van der Waals surface area contributed by atoms with E-state index in [0.29, 0.717) is 11.6 Å². The normalized spacial score (nSPS) is 19.2. The highest BCUT2D eigenvalue weighted by atomic mass is 19.1. The van der Waals surface area contributed by atoms with Crippen LogP contribution in [0.2, 0.25) is 0 Å². The molecule has 0 radical (unpaired) electrons. The van der Waals surface area contributed by atoms with E-state index in [1.54, 1.807) is 12.1 Å². The molecule has 1 heterocycles. The molecule has 1 N–H and O–H groups in total. The molecule has 1 aromatic rings. The van der Waals surface area contributed by atoms with Crippen LogP contribution in [-0.4, -0.2) is 24.2 Å². The number of aromatic carboxylic acids is 1. The maximum absolute atomic E-state index is 13.6. The van der Waals surface area contributed by atoms with Crippen molar-refractivity contribution in [3.05, 3.63) is 29.6 Å². The van der Waals surface area contributed by atoms with Gasteiger partial charge in [0.15, 0.2) is 0 Å². The zero-order valence-corrected chi connectivity index (χ0v) is 10.5. The Morgan fingerprint density at radius 2 is 2.33 bits per heavy atom. The second kappa shape index (κ2) is 5.38. The molecule has 0 aromatic heterocycles. The van der Waals surface area contributed by atoms with Crippen LogP contribution >= 0.6 is 0 Å². The summed E-state index contributed by atoms with van der Waals surface area (Å²) in [6, 6.07) is 4.47. The van der Waals surface area contributed by atoms with E-state index in [1.807, 2.05) is 4.90 Å². The van der Waals surface area contributed by atoms with E-state index in [1.165, 1.54) is 6.07 Å². The van der Waals surface area contributed by atoms with Crippen molar-refractivity contribution >= 4 is 11.7 Å². The molecule has 1 fully saturated rings.